The zero-order valence-corrected chi connectivity index (χ0v) is 14.2. The Balaban J connectivity index is 2.58. The van der Waals surface area contributed by atoms with Gasteiger partial charge < -0.3 is 18.6 Å². The van der Waals surface area contributed by atoms with Gasteiger partial charge in [0.1, 0.15) is 0 Å². The first kappa shape index (κ1) is 16.9. The van der Waals surface area contributed by atoms with Gasteiger partial charge in [0.05, 0.1) is 37.6 Å². The first-order valence-electron chi connectivity index (χ1n) is 7.37. The highest BCUT2D eigenvalue weighted by molar-refractivity contribution is 5.95. The van der Waals surface area contributed by atoms with Crippen molar-refractivity contribution in [3.05, 3.63) is 35.2 Å². The van der Waals surface area contributed by atoms with E-state index in [2.05, 4.69) is 0 Å². The van der Waals surface area contributed by atoms with Gasteiger partial charge in [-0.2, -0.15) is 0 Å². The summed E-state index contributed by atoms with van der Waals surface area (Å²) < 4.78 is 13.6. The van der Waals surface area contributed by atoms with E-state index in [0.717, 1.165) is 22.6 Å². The van der Waals surface area contributed by atoms with Gasteiger partial charge in [0.2, 0.25) is 0 Å². The lowest BCUT2D eigenvalue weighted by molar-refractivity contribution is -0.140. The lowest BCUT2D eigenvalue weighted by Crippen LogP contribution is -2.10. The molecule has 0 aliphatic heterocycles. The molecule has 0 bridgehead atoms. The normalized spacial score (nSPS) is 10.7. The zero-order chi connectivity index (χ0) is 17.1. The Morgan fingerprint density at radius 2 is 1.87 bits per heavy atom. The van der Waals surface area contributed by atoms with Crippen molar-refractivity contribution in [1.82, 2.24) is 9.13 Å². The van der Waals surface area contributed by atoms with Crippen molar-refractivity contribution in [3.63, 3.8) is 0 Å². The van der Waals surface area contributed by atoms with Crippen LogP contribution in [0.2, 0.25) is 0 Å². The highest BCUT2D eigenvalue weighted by Gasteiger charge is 2.25. The molecular weight excluding hydrogens is 296 g/mol. The third-order valence-electron chi connectivity index (χ3n) is 4.13. The van der Waals surface area contributed by atoms with Gasteiger partial charge >= 0.3 is 11.9 Å². The van der Waals surface area contributed by atoms with Gasteiger partial charge in [0.15, 0.2) is 0 Å². The summed E-state index contributed by atoms with van der Waals surface area (Å²) in [5.74, 6) is -0.696. The van der Waals surface area contributed by atoms with Crippen molar-refractivity contribution in [2.75, 3.05) is 14.2 Å². The van der Waals surface area contributed by atoms with E-state index in [0.29, 0.717) is 12.0 Å². The van der Waals surface area contributed by atoms with Crippen LogP contribution in [0.5, 0.6) is 0 Å². The number of nitrogens with zero attached hydrogens (tertiary/aromatic N) is 2. The standard InChI is InChI=1S/C17H22N2O4/c1-11-15(17(21)23-5)12(8-9-14(20)22-4)19(3)16(11)13-7-6-10-18(13)2/h6-7,10H,8-9H2,1-5H3. The second-order valence-electron chi connectivity index (χ2n) is 5.43. The van der Waals surface area contributed by atoms with Crippen molar-refractivity contribution < 1.29 is 19.1 Å². The summed E-state index contributed by atoms with van der Waals surface area (Å²) in [5, 5.41) is 0. The Morgan fingerprint density at radius 3 is 2.39 bits per heavy atom. The predicted molar refractivity (Wildman–Crippen MR) is 86.2 cm³/mol. The zero-order valence-electron chi connectivity index (χ0n) is 14.2. The first-order valence-corrected chi connectivity index (χ1v) is 7.37. The van der Waals surface area contributed by atoms with Crippen LogP contribution in [0, 0.1) is 6.92 Å². The second kappa shape index (κ2) is 6.73. The maximum atomic E-state index is 12.2. The van der Waals surface area contributed by atoms with Crippen molar-refractivity contribution in [2.24, 2.45) is 14.1 Å². The second-order valence-corrected chi connectivity index (χ2v) is 5.43. The Labute approximate surface area is 135 Å². The third kappa shape index (κ3) is 3.02. The van der Waals surface area contributed by atoms with Crippen LogP contribution in [0.25, 0.3) is 11.4 Å². The molecule has 0 aliphatic carbocycles. The number of rotatable bonds is 5. The fourth-order valence-electron chi connectivity index (χ4n) is 2.95. The Kier molecular flexibility index (Phi) is 4.93. The molecule has 0 N–H and O–H groups in total. The summed E-state index contributed by atoms with van der Waals surface area (Å²) in [4.78, 5) is 23.7. The van der Waals surface area contributed by atoms with E-state index in [1.54, 1.807) is 0 Å². The molecule has 2 aromatic rings. The lowest BCUT2D eigenvalue weighted by Gasteiger charge is -2.09. The van der Waals surface area contributed by atoms with Gasteiger partial charge in [-0.15, -0.1) is 0 Å². The Morgan fingerprint density at radius 1 is 1.17 bits per heavy atom. The largest absolute Gasteiger partial charge is 0.469 e. The Hall–Kier alpha value is -2.50. The van der Waals surface area contributed by atoms with Crippen molar-refractivity contribution >= 4 is 11.9 Å². The van der Waals surface area contributed by atoms with Crippen molar-refractivity contribution in [1.29, 1.82) is 0 Å². The van der Waals surface area contributed by atoms with Crippen LogP contribution < -0.4 is 0 Å². The summed E-state index contributed by atoms with van der Waals surface area (Å²) in [6.45, 7) is 1.90. The molecule has 0 atom stereocenters. The van der Waals surface area contributed by atoms with Gasteiger partial charge in [-0.25, -0.2) is 4.79 Å². The SMILES string of the molecule is COC(=O)CCc1c(C(=O)OC)c(C)c(-c2cccn2C)n1C. The molecule has 0 unspecified atom stereocenters. The number of hydrogen-bond donors (Lipinski definition) is 0. The van der Waals surface area contributed by atoms with E-state index < -0.39 is 5.97 Å². The maximum absolute atomic E-state index is 12.2. The number of aryl methyl sites for hydroxylation is 1. The van der Waals surface area contributed by atoms with Gasteiger partial charge in [-0.05, 0) is 31.0 Å². The summed E-state index contributed by atoms with van der Waals surface area (Å²) in [5.41, 5.74) is 4.09. The van der Waals surface area contributed by atoms with Crippen LogP contribution in [0.1, 0.15) is 28.0 Å². The van der Waals surface area contributed by atoms with Gasteiger partial charge in [0, 0.05) is 26.0 Å². The maximum Gasteiger partial charge on any atom is 0.339 e. The molecule has 23 heavy (non-hydrogen) atoms. The van der Waals surface area contributed by atoms with Crippen LogP contribution in [-0.4, -0.2) is 35.3 Å². The molecule has 0 aromatic carbocycles. The molecule has 0 saturated carbocycles. The third-order valence-corrected chi connectivity index (χ3v) is 4.13. The summed E-state index contributed by atoms with van der Waals surface area (Å²) >= 11 is 0. The molecule has 0 radical (unpaired) electrons. The number of methoxy groups -OCH3 is 2. The first-order chi connectivity index (χ1) is 10.9. The van der Waals surface area contributed by atoms with Crippen molar-refractivity contribution in [3.8, 4) is 11.4 Å². The summed E-state index contributed by atoms with van der Waals surface area (Å²) in [6.07, 6.45) is 2.58. The number of hydrogen-bond acceptors (Lipinski definition) is 4. The summed E-state index contributed by atoms with van der Waals surface area (Å²) in [6, 6.07) is 3.95. The lowest BCUT2D eigenvalue weighted by atomic mass is 10.1. The molecule has 2 aromatic heterocycles. The van der Waals surface area contributed by atoms with E-state index in [1.165, 1.54) is 14.2 Å². The fraction of sp³-hybridized carbons (Fsp3) is 0.412. The van der Waals surface area contributed by atoms with E-state index in [1.807, 2.05) is 48.5 Å². The fourth-order valence-corrected chi connectivity index (χ4v) is 2.95. The molecule has 0 aliphatic rings. The van der Waals surface area contributed by atoms with E-state index in [-0.39, 0.29) is 12.4 Å². The highest BCUT2D eigenvalue weighted by Crippen LogP contribution is 2.31. The predicted octanol–water partition coefficient (Wildman–Crippen LogP) is 2.23. The number of aromatic nitrogens is 2. The van der Waals surface area contributed by atoms with Gasteiger partial charge in [0.25, 0.3) is 0 Å². The minimum Gasteiger partial charge on any atom is -0.469 e. The monoisotopic (exact) mass is 318 g/mol. The average Bonchev–Trinajstić information content (AvgIpc) is 3.05. The van der Waals surface area contributed by atoms with E-state index in [9.17, 15) is 9.59 Å². The number of carbonyl (C=O) groups is 2. The molecule has 2 heterocycles. The summed E-state index contributed by atoms with van der Waals surface area (Å²) in [7, 11) is 6.57. The van der Waals surface area contributed by atoms with Crippen LogP contribution >= 0.6 is 0 Å². The molecule has 0 spiro atoms. The molecule has 6 heteroatoms. The number of esters is 2. The van der Waals surface area contributed by atoms with Crippen LogP contribution in [0.15, 0.2) is 18.3 Å². The molecule has 0 amide bonds. The van der Waals surface area contributed by atoms with Gasteiger partial charge in [-0.3, -0.25) is 4.79 Å². The van der Waals surface area contributed by atoms with Crippen LogP contribution in [0.4, 0.5) is 0 Å². The topological polar surface area (TPSA) is 62.5 Å². The molecule has 124 valence electrons. The number of carbonyl (C=O) groups excluding carboxylic acids is 2. The molecular formula is C17H22N2O4. The molecule has 2 rings (SSSR count). The minimum absolute atomic E-state index is 0.213. The van der Waals surface area contributed by atoms with Crippen LogP contribution in [0.3, 0.4) is 0 Å². The minimum atomic E-state index is -0.390. The molecule has 0 fully saturated rings. The van der Waals surface area contributed by atoms with E-state index in [4.69, 9.17) is 9.47 Å². The van der Waals surface area contributed by atoms with E-state index >= 15 is 0 Å². The van der Waals surface area contributed by atoms with Crippen LogP contribution in [-0.2, 0) is 34.8 Å². The molecule has 0 saturated heterocycles. The quantitative estimate of drug-likeness (QED) is 0.793. The Bertz CT molecular complexity index is 740. The smallest absolute Gasteiger partial charge is 0.339 e. The molecule has 6 nitrogen and oxygen atoms in total. The van der Waals surface area contributed by atoms with Gasteiger partial charge in [-0.1, -0.05) is 0 Å². The highest BCUT2D eigenvalue weighted by atomic mass is 16.5. The average molecular weight is 318 g/mol. The van der Waals surface area contributed by atoms with Crippen molar-refractivity contribution in [2.45, 2.75) is 19.8 Å². The number of ether oxygens (including phenoxy) is 2.